The first-order chi connectivity index (χ1) is 12.6. The molecule has 1 N–H and O–H groups in total. The van der Waals surface area contributed by atoms with E-state index in [9.17, 15) is 9.18 Å². The summed E-state index contributed by atoms with van der Waals surface area (Å²) in [6.07, 6.45) is 2.17. The minimum Gasteiger partial charge on any atom is -0.457 e. The molecule has 1 aliphatic rings. The Morgan fingerprint density at radius 3 is 2.26 bits per heavy atom. The molecule has 1 fully saturated rings. The molecular formula is C23H28FNO2. The molecule has 0 unspecified atom stereocenters. The lowest BCUT2D eigenvalue weighted by Gasteiger charge is -2.46. The summed E-state index contributed by atoms with van der Waals surface area (Å²) in [7, 11) is 0. The number of ether oxygens (including phenoxy) is 1. The predicted molar refractivity (Wildman–Crippen MR) is 106 cm³/mol. The normalized spacial score (nSPS) is 18.9. The number of para-hydroxylation sites is 1. The molecule has 4 heteroatoms. The molecule has 1 saturated heterocycles. The SMILES string of the molecule is CC1(C)CC(CC(=O)c2ccc(Oc3ccccc3)cc2F)CC(C)(C)N1. The number of hydrogen-bond donors (Lipinski definition) is 1. The zero-order valence-electron chi connectivity index (χ0n) is 16.5. The summed E-state index contributed by atoms with van der Waals surface area (Å²) < 4.78 is 20.2. The van der Waals surface area contributed by atoms with Crippen molar-refractivity contribution in [3.63, 3.8) is 0 Å². The first kappa shape index (κ1) is 19.6. The molecule has 0 bridgehead atoms. The van der Waals surface area contributed by atoms with E-state index < -0.39 is 5.82 Å². The van der Waals surface area contributed by atoms with Gasteiger partial charge in [-0.15, -0.1) is 0 Å². The first-order valence-corrected chi connectivity index (χ1v) is 9.49. The highest BCUT2D eigenvalue weighted by Crippen LogP contribution is 2.35. The Kier molecular flexibility index (Phi) is 5.38. The molecule has 3 rings (SSSR count). The summed E-state index contributed by atoms with van der Waals surface area (Å²) in [4.78, 5) is 12.7. The van der Waals surface area contributed by atoms with Crippen LogP contribution in [-0.2, 0) is 0 Å². The van der Waals surface area contributed by atoms with Gasteiger partial charge in [-0.2, -0.15) is 0 Å². The van der Waals surface area contributed by atoms with Gasteiger partial charge in [0.25, 0.3) is 0 Å². The number of piperidine rings is 1. The molecule has 0 radical (unpaired) electrons. The maximum Gasteiger partial charge on any atom is 0.166 e. The highest BCUT2D eigenvalue weighted by molar-refractivity contribution is 5.96. The van der Waals surface area contributed by atoms with Crippen molar-refractivity contribution in [2.24, 2.45) is 5.92 Å². The van der Waals surface area contributed by atoms with Gasteiger partial charge in [0.2, 0.25) is 0 Å². The van der Waals surface area contributed by atoms with Crippen molar-refractivity contribution in [2.75, 3.05) is 0 Å². The second-order valence-corrected chi connectivity index (χ2v) is 8.85. The summed E-state index contributed by atoms with van der Waals surface area (Å²) in [5.41, 5.74) is 0.0848. The van der Waals surface area contributed by atoms with Crippen LogP contribution in [0.5, 0.6) is 11.5 Å². The van der Waals surface area contributed by atoms with Gasteiger partial charge in [-0.1, -0.05) is 18.2 Å². The summed E-state index contributed by atoms with van der Waals surface area (Å²) in [6, 6.07) is 13.7. The first-order valence-electron chi connectivity index (χ1n) is 9.49. The molecule has 0 saturated carbocycles. The number of Topliss-reactive ketones (excluding diaryl/α,β-unsaturated/α-hetero) is 1. The van der Waals surface area contributed by atoms with E-state index in [0.717, 1.165) is 12.8 Å². The van der Waals surface area contributed by atoms with Crippen molar-refractivity contribution in [2.45, 2.75) is 58.0 Å². The number of benzene rings is 2. The van der Waals surface area contributed by atoms with Crippen molar-refractivity contribution >= 4 is 5.78 Å². The van der Waals surface area contributed by atoms with Crippen molar-refractivity contribution in [3.8, 4) is 11.5 Å². The van der Waals surface area contributed by atoms with E-state index in [2.05, 4.69) is 33.0 Å². The zero-order chi connectivity index (χ0) is 19.7. The average molecular weight is 369 g/mol. The highest BCUT2D eigenvalue weighted by atomic mass is 19.1. The zero-order valence-corrected chi connectivity index (χ0v) is 16.5. The number of carbonyl (C=O) groups is 1. The Morgan fingerprint density at radius 1 is 1.04 bits per heavy atom. The largest absolute Gasteiger partial charge is 0.457 e. The highest BCUT2D eigenvalue weighted by Gasteiger charge is 2.38. The summed E-state index contributed by atoms with van der Waals surface area (Å²) >= 11 is 0. The Morgan fingerprint density at radius 2 is 1.67 bits per heavy atom. The van der Waals surface area contributed by atoms with Crippen LogP contribution in [0.4, 0.5) is 4.39 Å². The molecule has 144 valence electrons. The Labute approximate surface area is 160 Å². The van der Waals surface area contributed by atoms with E-state index >= 15 is 0 Å². The van der Waals surface area contributed by atoms with E-state index in [1.807, 2.05) is 18.2 Å². The lowest BCUT2D eigenvalue weighted by atomic mass is 9.74. The van der Waals surface area contributed by atoms with E-state index in [1.165, 1.54) is 12.1 Å². The molecule has 0 atom stereocenters. The fraction of sp³-hybridized carbons (Fsp3) is 0.435. The van der Waals surface area contributed by atoms with Crippen LogP contribution in [0.2, 0.25) is 0 Å². The number of hydrogen-bond acceptors (Lipinski definition) is 3. The third kappa shape index (κ3) is 5.16. The minimum atomic E-state index is -0.527. The molecule has 0 aromatic heterocycles. The van der Waals surface area contributed by atoms with Gasteiger partial charge in [0.05, 0.1) is 5.56 Å². The van der Waals surface area contributed by atoms with Gasteiger partial charge < -0.3 is 10.1 Å². The summed E-state index contributed by atoms with van der Waals surface area (Å²) in [6.45, 7) is 8.62. The van der Waals surface area contributed by atoms with Gasteiger partial charge >= 0.3 is 0 Å². The molecule has 1 heterocycles. The predicted octanol–water partition coefficient (Wildman–Crippen LogP) is 5.75. The number of rotatable bonds is 5. The van der Waals surface area contributed by atoms with Crippen molar-refractivity contribution < 1.29 is 13.9 Å². The van der Waals surface area contributed by atoms with E-state index in [4.69, 9.17) is 4.74 Å². The van der Waals surface area contributed by atoms with E-state index in [1.54, 1.807) is 18.2 Å². The molecule has 2 aromatic carbocycles. The van der Waals surface area contributed by atoms with E-state index in [0.29, 0.717) is 17.9 Å². The monoisotopic (exact) mass is 369 g/mol. The van der Waals surface area contributed by atoms with Crippen LogP contribution < -0.4 is 10.1 Å². The molecule has 0 aliphatic carbocycles. The molecule has 2 aromatic rings. The molecule has 27 heavy (non-hydrogen) atoms. The molecule has 0 amide bonds. The maximum atomic E-state index is 14.5. The standard InChI is InChI=1S/C23H28FNO2/c1-22(2)14-16(15-23(3,4)25-22)12-21(26)19-11-10-18(13-20(19)24)27-17-8-6-5-7-9-17/h5-11,13,16,25H,12,14-15H2,1-4H3. The quantitative estimate of drug-likeness (QED) is 0.682. The number of ketones is 1. The Bertz CT molecular complexity index is 798. The smallest absolute Gasteiger partial charge is 0.166 e. The van der Waals surface area contributed by atoms with Gasteiger partial charge in [0.15, 0.2) is 5.78 Å². The summed E-state index contributed by atoms with van der Waals surface area (Å²) in [5, 5.41) is 3.62. The van der Waals surface area contributed by atoms with Crippen LogP contribution in [0.15, 0.2) is 48.5 Å². The minimum absolute atomic E-state index is 0.0291. The Hall–Kier alpha value is -2.20. The topological polar surface area (TPSA) is 38.3 Å². The van der Waals surface area contributed by atoms with Crippen molar-refractivity contribution in [3.05, 3.63) is 59.9 Å². The summed E-state index contributed by atoms with van der Waals surface area (Å²) in [5.74, 6) is 0.594. The number of carbonyl (C=O) groups excluding carboxylic acids is 1. The van der Waals surface area contributed by atoms with Gasteiger partial charge in [0.1, 0.15) is 17.3 Å². The third-order valence-corrected chi connectivity index (χ3v) is 4.97. The second kappa shape index (κ2) is 7.43. The Balaban J connectivity index is 1.70. The van der Waals surface area contributed by atoms with Crippen molar-refractivity contribution in [1.82, 2.24) is 5.32 Å². The van der Waals surface area contributed by atoms with Crippen LogP contribution in [0.3, 0.4) is 0 Å². The molecule has 3 nitrogen and oxygen atoms in total. The van der Waals surface area contributed by atoms with Gasteiger partial charge in [-0.25, -0.2) is 4.39 Å². The van der Waals surface area contributed by atoms with Crippen LogP contribution in [0, 0.1) is 11.7 Å². The third-order valence-electron chi connectivity index (χ3n) is 4.97. The average Bonchev–Trinajstić information content (AvgIpc) is 2.52. The van der Waals surface area contributed by atoms with Gasteiger partial charge in [-0.3, -0.25) is 4.79 Å². The van der Waals surface area contributed by atoms with Crippen LogP contribution in [0.25, 0.3) is 0 Å². The van der Waals surface area contributed by atoms with Crippen LogP contribution in [0.1, 0.15) is 57.3 Å². The van der Waals surface area contributed by atoms with Gasteiger partial charge in [-0.05, 0) is 70.7 Å². The van der Waals surface area contributed by atoms with Crippen LogP contribution >= 0.6 is 0 Å². The number of halogens is 1. The lowest BCUT2D eigenvalue weighted by Crippen LogP contribution is -2.57. The lowest BCUT2D eigenvalue weighted by molar-refractivity contribution is 0.0861. The fourth-order valence-electron chi connectivity index (χ4n) is 4.46. The van der Waals surface area contributed by atoms with Crippen molar-refractivity contribution in [1.29, 1.82) is 0 Å². The molecular weight excluding hydrogens is 341 g/mol. The second-order valence-electron chi connectivity index (χ2n) is 8.85. The van der Waals surface area contributed by atoms with Gasteiger partial charge in [0, 0.05) is 23.6 Å². The fourth-order valence-corrected chi connectivity index (χ4v) is 4.46. The molecule has 1 aliphatic heterocycles. The van der Waals surface area contributed by atoms with E-state index in [-0.39, 0.29) is 28.3 Å². The molecule has 0 spiro atoms. The van der Waals surface area contributed by atoms with Crippen LogP contribution in [-0.4, -0.2) is 16.9 Å². The maximum absolute atomic E-state index is 14.5. The number of nitrogens with one attached hydrogen (secondary N) is 1.